The van der Waals surface area contributed by atoms with Gasteiger partial charge < -0.3 is 20.3 Å². The summed E-state index contributed by atoms with van der Waals surface area (Å²) in [6.07, 6.45) is -5.60. The summed E-state index contributed by atoms with van der Waals surface area (Å²) < 4.78 is 55.6. The number of carbonyl (C=O) groups is 3. The summed E-state index contributed by atoms with van der Waals surface area (Å²) in [4.78, 5) is 40.7. The lowest BCUT2D eigenvalue weighted by atomic mass is 10.0. The van der Waals surface area contributed by atoms with Gasteiger partial charge in [-0.25, -0.2) is 4.68 Å². The van der Waals surface area contributed by atoms with Crippen molar-refractivity contribution in [2.75, 3.05) is 30.0 Å². The first-order valence-electron chi connectivity index (χ1n) is 13.5. The summed E-state index contributed by atoms with van der Waals surface area (Å²) in [5.41, 5.74) is 6.22. The fraction of sp³-hybridized carbons (Fsp3) is 0.280. The van der Waals surface area contributed by atoms with Gasteiger partial charge in [-0.1, -0.05) is 0 Å². The molecule has 1 saturated heterocycles. The van der Waals surface area contributed by atoms with E-state index in [0.717, 1.165) is 9.80 Å². The van der Waals surface area contributed by atoms with E-state index >= 15 is 0 Å². The van der Waals surface area contributed by atoms with Crippen LogP contribution < -0.4 is 20.3 Å². The van der Waals surface area contributed by atoms with Crippen molar-refractivity contribution in [2.24, 2.45) is 5.73 Å². The molecule has 0 radical (unpaired) electrons. The monoisotopic (exact) mass is 465 g/mol. The SMILES string of the molecule is [2H]C1([2H])Cc2c(C(N)=O)nn(-c3ccc(OC)cc3)c2C(=O)N1c1ccc(N2CC([2H])([2H])C([2H])([2H])CC2=O)cc1. The van der Waals surface area contributed by atoms with Gasteiger partial charge in [0, 0.05) is 41.9 Å². The van der Waals surface area contributed by atoms with Crippen LogP contribution in [-0.2, 0) is 11.2 Å². The molecule has 34 heavy (non-hydrogen) atoms. The molecule has 2 aromatic carbocycles. The number of carbonyl (C=O) groups excluding carboxylic acids is 3. The molecule has 1 aromatic heterocycles. The Morgan fingerprint density at radius 3 is 2.26 bits per heavy atom. The second-order valence-electron chi connectivity index (χ2n) is 7.65. The maximum Gasteiger partial charge on any atom is 0.277 e. The van der Waals surface area contributed by atoms with Crippen LogP contribution in [0.3, 0.4) is 0 Å². The van der Waals surface area contributed by atoms with Crippen LogP contribution in [0.15, 0.2) is 48.5 Å². The standard InChI is InChI=1S/C25H25N5O4/c1-34-19-11-9-18(10-12-19)30-23-20(22(27-30)24(26)32)13-15-29(25(23)33)17-7-5-16(6-8-17)28-14-3-2-4-21(28)31/h5-12H,2-4,13-15H2,1H3,(H2,26,32)/i2D2,3D2,15D2. The lowest BCUT2D eigenvalue weighted by molar-refractivity contribution is -0.119. The second-order valence-corrected chi connectivity index (χ2v) is 7.65. The lowest BCUT2D eigenvalue weighted by Gasteiger charge is -2.29. The third-order valence-corrected chi connectivity index (χ3v) is 5.68. The van der Waals surface area contributed by atoms with E-state index in [2.05, 4.69) is 5.10 Å². The van der Waals surface area contributed by atoms with Gasteiger partial charge in [0.15, 0.2) is 5.69 Å². The zero-order valence-corrected chi connectivity index (χ0v) is 18.2. The molecule has 9 heteroatoms. The summed E-state index contributed by atoms with van der Waals surface area (Å²) in [7, 11) is 1.50. The number of anilines is 2. The van der Waals surface area contributed by atoms with Gasteiger partial charge in [-0.3, -0.25) is 14.4 Å². The molecular weight excluding hydrogens is 434 g/mol. The third-order valence-electron chi connectivity index (χ3n) is 5.68. The third kappa shape index (κ3) is 3.68. The molecule has 2 N–H and O–H groups in total. The highest BCUT2D eigenvalue weighted by molar-refractivity contribution is 6.09. The van der Waals surface area contributed by atoms with Crippen LogP contribution in [0.1, 0.15) is 53.9 Å². The molecule has 3 amide bonds. The van der Waals surface area contributed by atoms with E-state index < -0.39 is 49.9 Å². The molecule has 0 saturated carbocycles. The first-order chi connectivity index (χ1) is 18.7. The van der Waals surface area contributed by atoms with E-state index in [9.17, 15) is 14.4 Å². The molecule has 1 fully saturated rings. The van der Waals surface area contributed by atoms with Crippen LogP contribution in [0.25, 0.3) is 5.69 Å². The number of hydrogen-bond acceptors (Lipinski definition) is 5. The van der Waals surface area contributed by atoms with E-state index in [1.807, 2.05) is 0 Å². The molecule has 174 valence electrons. The zero-order chi connectivity index (χ0) is 29.2. The smallest absolute Gasteiger partial charge is 0.277 e. The molecule has 2 aliphatic rings. The Labute approximate surface area is 205 Å². The molecule has 0 spiro atoms. The number of nitrogens with zero attached hydrogens (tertiary/aromatic N) is 4. The Morgan fingerprint density at radius 1 is 0.971 bits per heavy atom. The number of hydrogen-bond donors (Lipinski definition) is 1. The molecule has 0 bridgehead atoms. The Hall–Kier alpha value is -4.14. The zero-order valence-electron chi connectivity index (χ0n) is 24.2. The van der Waals surface area contributed by atoms with Crippen LogP contribution in [0, 0.1) is 0 Å². The number of piperidine rings is 1. The predicted molar refractivity (Wildman–Crippen MR) is 127 cm³/mol. The second kappa shape index (κ2) is 8.66. The van der Waals surface area contributed by atoms with Crippen LogP contribution in [0.4, 0.5) is 11.4 Å². The van der Waals surface area contributed by atoms with Crippen molar-refractivity contribution in [3.63, 3.8) is 0 Å². The normalized spacial score (nSPS) is 23.0. The number of benzene rings is 2. The molecule has 0 aliphatic carbocycles. The van der Waals surface area contributed by atoms with Crippen molar-refractivity contribution < 1.29 is 27.3 Å². The Kier molecular flexibility index (Phi) is 3.99. The van der Waals surface area contributed by atoms with Gasteiger partial charge in [0.05, 0.1) is 15.5 Å². The quantitative estimate of drug-likeness (QED) is 0.623. The number of fused-ring (bicyclic) bond motifs is 1. The predicted octanol–water partition coefficient (Wildman–Crippen LogP) is 2.70. The maximum atomic E-state index is 13.9. The summed E-state index contributed by atoms with van der Waals surface area (Å²) in [5, 5.41) is 4.25. The molecule has 9 nitrogen and oxygen atoms in total. The summed E-state index contributed by atoms with van der Waals surface area (Å²) in [5.74, 6) is -1.71. The number of amides is 3. The number of nitrogens with two attached hydrogens (primary N) is 1. The first kappa shape index (κ1) is 15.7. The van der Waals surface area contributed by atoms with Gasteiger partial charge in [-0.15, -0.1) is 0 Å². The number of ether oxygens (including phenoxy) is 1. The molecule has 0 atom stereocenters. The first-order valence-corrected chi connectivity index (χ1v) is 10.5. The fourth-order valence-electron chi connectivity index (χ4n) is 3.96. The Morgan fingerprint density at radius 2 is 1.62 bits per heavy atom. The van der Waals surface area contributed by atoms with Crippen molar-refractivity contribution in [1.82, 2.24) is 9.78 Å². The highest BCUT2D eigenvalue weighted by Crippen LogP contribution is 2.31. The van der Waals surface area contributed by atoms with E-state index in [1.165, 1.54) is 36.1 Å². The van der Waals surface area contributed by atoms with Gasteiger partial charge in [0.25, 0.3) is 11.8 Å². The van der Waals surface area contributed by atoms with Crippen LogP contribution in [0.5, 0.6) is 5.75 Å². The van der Waals surface area contributed by atoms with E-state index in [-0.39, 0.29) is 34.7 Å². The molecule has 3 aromatic rings. The maximum absolute atomic E-state index is 13.9. The Bertz CT molecular complexity index is 1520. The fourth-order valence-corrected chi connectivity index (χ4v) is 3.96. The number of methoxy groups -OCH3 is 1. The van der Waals surface area contributed by atoms with E-state index in [0.29, 0.717) is 11.4 Å². The Balaban J connectivity index is 1.53. The topological polar surface area (TPSA) is 111 Å². The van der Waals surface area contributed by atoms with Crippen molar-refractivity contribution in [3.8, 4) is 11.4 Å². The average molecular weight is 466 g/mol. The molecule has 0 unspecified atom stereocenters. The van der Waals surface area contributed by atoms with Gasteiger partial charge in [0.2, 0.25) is 5.91 Å². The van der Waals surface area contributed by atoms with Gasteiger partial charge in [-0.2, -0.15) is 5.10 Å². The van der Waals surface area contributed by atoms with Gasteiger partial charge in [0.1, 0.15) is 11.4 Å². The minimum absolute atomic E-state index is 0.0280. The van der Waals surface area contributed by atoms with E-state index in [4.69, 9.17) is 18.7 Å². The molecule has 5 rings (SSSR count). The van der Waals surface area contributed by atoms with Crippen LogP contribution in [0.2, 0.25) is 0 Å². The lowest BCUT2D eigenvalue weighted by Crippen LogP contribution is -2.39. The van der Waals surface area contributed by atoms with Crippen LogP contribution in [-0.4, -0.2) is 47.7 Å². The van der Waals surface area contributed by atoms with Crippen LogP contribution >= 0.6 is 0 Å². The highest BCUT2D eigenvalue weighted by Gasteiger charge is 2.34. The summed E-state index contributed by atoms with van der Waals surface area (Å²) in [6, 6.07) is 12.3. The van der Waals surface area contributed by atoms with Gasteiger partial charge in [-0.05, 0) is 67.7 Å². The van der Waals surface area contributed by atoms with Crippen molar-refractivity contribution in [1.29, 1.82) is 0 Å². The number of aromatic nitrogens is 2. The largest absolute Gasteiger partial charge is 0.497 e. The number of rotatable bonds is 5. The molecule has 3 heterocycles. The van der Waals surface area contributed by atoms with E-state index in [1.54, 1.807) is 24.3 Å². The minimum Gasteiger partial charge on any atom is -0.497 e. The average Bonchev–Trinajstić information content (AvgIpc) is 3.25. The highest BCUT2D eigenvalue weighted by atomic mass is 16.5. The minimum atomic E-state index is -2.31. The van der Waals surface area contributed by atoms with Crippen molar-refractivity contribution in [3.05, 3.63) is 65.5 Å². The summed E-state index contributed by atoms with van der Waals surface area (Å²) in [6.45, 7) is -2.78. The molecule has 2 aliphatic heterocycles. The van der Waals surface area contributed by atoms with Crippen molar-refractivity contribution >= 4 is 29.1 Å². The van der Waals surface area contributed by atoms with Gasteiger partial charge >= 0.3 is 0 Å². The van der Waals surface area contributed by atoms with Crippen molar-refractivity contribution in [2.45, 2.75) is 25.6 Å². The number of primary amides is 1. The summed E-state index contributed by atoms with van der Waals surface area (Å²) >= 11 is 0. The molecular formula is C25H25N5O4.